The number of aliphatic hydroxyl groups excluding tert-OH is 1. The molecular weight excluding hydrogens is 306 g/mol. The first-order valence-electron chi connectivity index (χ1n) is 7.81. The summed E-state index contributed by atoms with van der Waals surface area (Å²) in [5.41, 5.74) is 3.03. The van der Waals surface area contributed by atoms with Gasteiger partial charge < -0.3 is 10.4 Å². The second-order valence-electron chi connectivity index (χ2n) is 5.73. The van der Waals surface area contributed by atoms with Crippen molar-refractivity contribution in [3.05, 3.63) is 46.1 Å². The van der Waals surface area contributed by atoms with Gasteiger partial charge in [-0.1, -0.05) is 19.1 Å². The first-order valence-corrected chi connectivity index (χ1v) is 8.63. The van der Waals surface area contributed by atoms with Crippen molar-refractivity contribution in [1.29, 1.82) is 0 Å². The molecule has 0 radical (unpaired) electrons. The molecule has 4 nitrogen and oxygen atoms in total. The number of hydrogen-bond donors (Lipinski definition) is 2. The van der Waals surface area contributed by atoms with Crippen LogP contribution in [0.5, 0.6) is 0 Å². The van der Waals surface area contributed by atoms with Crippen molar-refractivity contribution in [3.8, 4) is 0 Å². The molecule has 23 heavy (non-hydrogen) atoms. The summed E-state index contributed by atoms with van der Waals surface area (Å²) >= 11 is 1.71. The van der Waals surface area contributed by atoms with Crippen LogP contribution in [0.15, 0.2) is 24.3 Å². The molecule has 1 aromatic carbocycles. The predicted octanol–water partition coefficient (Wildman–Crippen LogP) is 4.67. The van der Waals surface area contributed by atoms with Crippen molar-refractivity contribution in [1.82, 2.24) is 9.97 Å². The van der Waals surface area contributed by atoms with Crippen LogP contribution in [-0.2, 0) is 6.42 Å². The maximum Gasteiger partial charge on any atom is 0.143 e. The molecule has 0 amide bonds. The van der Waals surface area contributed by atoms with Gasteiger partial charge in [0, 0.05) is 17.0 Å². The Bertz CT molecular complexity index is 855. The van der Waals surface area contributed by atoms with Gasteiger partial charge in [-0.15, -0.1) is 11.3 Å². The third-order valence-electron chi connectivity index (χ3n) is 4.02. The van der Waals surface area contributed by atoms with Crippen LogP contribution in [-0.4, -0.2) is 15.1 Å². The van der Waals surface area contributed by atoms with Crippen molar-refractivity contribution in [3.63, 3.8) is 0 Å². The zero-order valence-corrected chi connectivity index (χ0v) is 14.7. The first-order chi connectivity index (χ1) is 11.0. The van der Waals surface area contributed by atoms with E-state index in [0.717, 1.165) is 39.5 Å². The predicted molar refractivity (Wildman–Crippen MR) is 96.6 cm³/mol. The van der Waals surface area contributed by atoms with E-state index in [4.69, 9.17) is 0 Å². The summed E-state index contributed by atoms with van der Waals surface area (Å²) in [6, 6.07) is 7.80. The van der Waals surface area contributed by atoms with E-state index in [1.54, 1.807) is 18.3 Å². The Hall–Kier alpha value is -1.98. The van der Waals surface area contributed by atoms with Crippen LogP contribution < -0.4 is 5.32 Å². The summed E-state index contributed by atoms with van der Waals surface area (Å²) in [6.07, 6.45) is 0.312. The summed E-state index contributed by atoms with van der Waals surface area (Å²) in [5, 5.41) is 14.3. The van der Waals surface area contributed by atoms with E-state index in [9.17, 15) is 5.11 Å². The van der Waals surface area contributed by atoms with Gasteiger partial charge in [-0.05, 0) is 44.0 Å². The summed E-state index contributed by atoms with van der Waals surface area (Å²) in [5.74, 6) is 1.68. The Morgan fingerprint density at radius 1 is 1.26 bits per heavy atom. The number of aliphatic hydroxyl groups is 1. The Balaban J connectivity index is 2.10. The number of thiophene rings is 1. The van der Waals surface area contributed by atoms with Gasteiger partial charge in [-0.25, -0.2) is 9.97 Å². The highest BCUT2D eigenvalue weighted by Gasteiger charge is 2.14. The molecule has 0 saturated carbocycles. The molecule has 0 bridgehead atoms. The lowest BCUT2D eigenvalue weighted by Gasteiger charge is -2.11. The Labute approximate surface area is 140 Å². The number of aromatic nitrogens is 2. The molecule has 0 aliphatic rings. The lowest BCUT2D eigenvalue weighted by Crippen LogP contribution is -2.01. The van der Waals surface area contributed by atoms with Crippen LogP contribution >= 0.6 is 11.3 Å². The van der Waals surface area contributed by atoms with Crippen molar-refractivity contribution in [2.75, 3.05) is 5.32 Å². The lowest BCUT2D eigenvalue weighted by atomic mass is 10.1. The van der Waals surface area contributed by atoms with Gasteiger partial charge >= 0.3 is 0 Å². The fourth-order valence-corrected chi connectivity index (χ4v) is 3.60. The van der Waals surface area contributed by atoms with E-state index in [1.807, 2.05) is 24.3 Å². The molecule has 0 fully saturated rings. The topological polar surface area (TPSA) is 58.0 Å². The Morgan fingerprint density at radius 2 is 2.04 bits per heavy atom. The minimum absolute atomic E-state index is 0.488. The summed E-state index contributed by atoms with van der Waals surface area (Å²) in [4.78, 5) is 11.6. The van der Waals surface area contributed by atoms with Gasteiger partial charge in [0.25, 0.3) is 0 Å². The highest BCUT2D eigenvalue weighted by molar-refractivity contribution is 7.18. The number of rotatable bonds is 4. The molecule has 1 atom stereocenters. The average Bonchev–Trinajstić information content (AvgIpc) is 2.82. The van der Waals surface area contributed by atoms with Crippen molar-refractivity contribution >= 4 is 33.1 Å². The monoisotopic (exact) mass is 327 g/mol. The van der Waals surface area contributed by atoms with Gasteiger partial charge in [-0.2, -0.15) is 0 Å². The number of nitrogens with zero attached hydrogens (tertiary/aromatic N) is 2. The second-order valence-corrected chi connectivity index (χ2v) is 6.94. The smallest absolute Gasteiger partial charge is 0.143 e. The molecule has 1 unspecified atom stereocenters. The normalized spacial score (nSPS) is 12.6. The number of aryl methyl sites for hydroxylation is 3. The van der Waals surface area contributed by atoms with Crippen molar-refractivity contribution in [2.24, 2.45) is 0 Å². The fourth-order valence-electron chi connectivity index (χ4n) is 2.56. The van der Waals surface area contributed by atoms with Crippen LogP contribution in [0.2, 0.25) is 0 Å². The molecule has 2 aromatic heterocycles. The standard InChI is InChI=1S/C18H21N3OS/c1-5-15-20-17(16-10(2)12(4)23-18(16)21-15)19-14-8-6-7-13(9-14)11(3)22/h6-9,11,22H,5H2,1-4H3,(H,19,20,21). The molecule has 2 heterocycles. The second kappa shape index (κ2) is 6.26. The molecular formula is C18H21N3OS. The molecule has 3 aromatic rings. The third-order valence-corrected chi connectivity index (χ3v) is 5.12. The number of nitrogens with one attached hydrogen (secondary N) is 1. The molecule has 120 valence electrons. The maximum absolute atomic E-state index is 9.76. The molecule has 0 saturated heterocycles. The van der Waals surface area contributed by atoms with E-state index in [1.165, 1.54) is 10.4 Å². The highest BCUT2D eigenvalue weighted by Crippen LogP contribution is 2.34. The maximum atomic E-state index is 9.76. The largest absolute Gasteiger partial charge is 0.389 e. The summed E-state index contributed by atoms with van der Waals surface area (Å²) in [6.45, 7) is 8.06. The lowest BCUT2D eigenvalue weighted by molar-refractivity contribution is 0.199. The zero-order chi connectivity index (χ0) is 16.6. The quantitative estimate of drug-likeness (QED) is 0.731. The third kappa shape index (κ3) is 3.07. The van der Waals surface area contributed by atoms with Crippen LogP contribution in [0, 0.1) is 13.8 Å². The van der Waals surface area contributed by atoms with Gasteiger partial charge in [0.2, 0.25) is 0 Å². The first kappa shape index (κ1) is 15.9. The molecule has 3 rings (SSSR count). The molecule has 0 spiro atoms. The van der Waals surface area contributed by atoms with Crippen molar-refractivity contribution < 1.29 is 5.11 Å². The zero-order valence-electron chi connectivity index (χ0n) is 13.8. The number of benzene rings is 1. The van der Waals surface area contributed by atoms with E-state index in [0.29, 0.717) is 0 Å². The minimum Gasteiger partial charge on any atom is -0.389 e. The van der Waals surface area contributed by atoms with E-state index in [2.05, 4.69) is 36.1 Å². The molecule has 5 heteroatoms. The molecule has 0 aliphatic carbocycles. The highest BCUT2D eigenvalue weighted by atomic mass is 32.1. The van der Waals surface area contributed by atoms with Crippen LogP contribution in [0.25, 0.3) is 10.2 Å². The number of anilines is 2. The Kier molecular flexibility index (Phi) is 4.33. The SMILES string of the molecule is CCc1nc(Nc2cccc(C(C)O)c2)c2c(C)c(C)sc2n1. The van der Waals surface area contributed by atoms with E-state index in [-0.39, 0.29) is 0 Å². The Morgan fingerprint density at radius 3 is 2.74 bits per heavy atom. The van der Waals surface area contributed by atoms with E-state index < -0.39 is 6.10 Å². The summed E-state index contributed by atoms with van der Waals surface area (Å²) in [7, 11) is 0. The van der Waals surface area contributed by atoms with Crippen LogP contribution in [0.4, 0.5) is 11.5 Å². The van der Waals surface area contributed by atoms with E-state index >= 15 is 0 Å². The van der Waals surface area contributed by atoms with Crippen LogP contribution in [0.3, 0.4) is 0 Å². The van der Waals surface area contributed by atoms with Gasteiger partial charge in [0.1, 0.15) is 16.5 Å². The minimum atomic E-state index is -0.488. The number of hydrogen-bond acceptors (Lipinski definition) is 5. The summed E-state index contributed by atoms with van der Waals surface area (Å²) < 4.78 is 0. The van der Waals surface area contributed by atoms with Crippen LogP contribution in [0.1, 0.15) is 41.8 Å². The number of fused-ring (bicyclic) bond motifs is 1. The average molecular weight is 327 g/mol. The van der Waals surface area contributed by atoms with Crippen molar-refractivity contribution in [2.45, 2.75) is 40.2 Å². The van der Waals surface area contributed by atoms with Gasteiger partial charge in [0.15, 0.2) is 0 Å². The fraction of sp³-hybridized carbons (Fsp3) is 0.333. The molecule has 0 aliphatic heterocycles. The molecule has 2 N–H and O–H groups in total. The van der Waals surface area contributed by atoms with Gasteiger partial charge in [0.05, 0.1) is 11.5 Å². The van der Waals surface area contributed by atoms with Gasteiger partial charge in [-0.3, -0.25) is 0 Å².